The minimum absolute atomic E-state index is 0.00642. The second-order valence-corrected chi connectivity index (χ2v) is 4.65. The van der Waals surface area contributed by atoms with Crippen LogP contribution in [0.3, 0.4) is 0 Å². The van der Waals surface area contributed by atoms with Gasteiger partial charge in [-0.05, 0) is 37.1 Å². The van der Waals surface area contributed by atoms with Gasteiger partial charge >= 0.3 is 0 Å². The van der Waals surface area contributed by atoms with Crippen molar-refractivity contribution in [1.82, 2.24) is 0 Å². The SMILES string of the molecule is Cc1ccc(C(C)Nc2ccccc2[N+](=O)[O-])cc1F. The summed E-state index contributed by atoms with van der Waals surface area (Å²) < 4.78 is 13.5. The Morgan fingerprint density at radius 1 is 1.25 bits per heavy atom. The van der Waals surface area contributed by atoms with Gasteiger partial charge in [0.15, 0.2) is 0 Å². The minimum Gasteiger partial charge on any atom is -0.373 e. The molecule has 0 aromatic heterocycles. The fourth-order valence-corrected chi connectivity index (χ4v) is 1.95. The number of halogens is 1. The molecule has 0 bridgehead atoms. The van der Waals surface area contributed by atoms with Crippen molar-refractivity contribution in [2.24, 2.45) is 0 Å². The van der Waals surface area contributed by atoms with Crippen molar-refractivity contribution in [3.63, 3.8) is 0 Å². The van der Waals surface area contributed by atoms with Crippen LogP contribution >= 0.6 is 0 Å². The fraction of sp³-hybridized carbons (Fsp3) is 0.200. The third-order valence-electron chi connectivity index (χ3n) is 3.17. The molecule has 0 aliphatic heterocycles. The van der Waals surface area contributed by atoms with E-state index in [9.17, 15) is 14.5 Å². The Labute approximate surface area is 116 Å². The summed E-state index contributed by atoms with van der Waals surface area (Å²) in [6, 6.07) is 11.1. The Morgan fingerprint density at radius 3 is 2.60 bits per heavy atom. The quantitative estimate of drug-likeness (QED) is 0.671. The number of anilines is 1. The van der Waals surface area contributed by atoms with Crippen molar-refractivity contribution in [2.75, 3.05) is 5.32 Å². The summed E-state index contributed by atoms with van der Waals surface area (Å²) in [6.45, 7) is 3.53. The van der Waals surface area contributed by atoms with E-state index < -0.39 is 4.92 Å². The molecule has 0 aliphatic carbocycles. The predicted molar refractivity (Wildman–Crippen MR) is 76.3 cm³/mol. The molecule has 0 heterocycles. The van der Waals surface area contributed by atoms with Crippen LogP contribution in [0, 0.1) is 22.9 Å². The molecule has 1 atom stereocenters. The highest BCUT2D eigenvalue weighted by Gasteiger charge is 2.15. The predicted octanol–water partition coefficient (Wildman–Crippen LogP) is 4.22. The van der Waals surface area contributed by atoms with Crippen LogP contribution in [-0.2, 0) is 0 Å². The Balaban J connectivity index is 2.25. The van der Waals surface area contributed by atoms with E-state index in [4.69, 9.17) is 0 Å². The number of nitrogens with one attached hydrogen (secondary N) is 1. The van der Waals surface area contributed by atoms with E-state index in [1.165, 1.54) is 12.1 Å². The molecule has 4 nitrogen and oxygen atoms in total. The van der Waals surface area contributed by atoms with Gasteiger partial charge < -0.3 is 5.32 Å². The largest absolute Gasteiger partial charge is 0.373 e. The van der Waals surface area contributed by atoms with Crippen LogP contribution < -0.4 is 5.32 Å². The zero-order valence-electron chi connectivity index (χ0n) is 11.3. The molecular formula is C15H15FN2O2. The number of aryl methyl sites for hydroxylation is 1. The smallest absolute Gasteiger partial charge is 0.292 e. The van der Waals surface area contributed by atoms with Gasteiger partial charge in [0, 0.05) is 12.1 Å². The van der Waals surface area contributed by atoms with Crippen molar-refractivity contribution >= 4 is 11.4 Å². The number of nitrogens with zero attached hydrogens (tertiary/aromatic N) is 1. The lowest BCUT2D eigenvalue weighted by molar-refractivity contribution is -0.384. The maximum Gasteiger partial charge on any atom is 0.292 e. The van der Waals surface area contributed by atoms with Crippen molar-refractivity contribution < 1.29 is 9.31 Å². The maximum absolute atomic E-state index is 13.5. The third kappa shape index (κ3) is 2.93. The Hall–Kier alpha value is -2.43. The molecule has 0 saturated carbocycles. The molecule has 20 heavy (non-hydrogen) atoms. The first-order chi connectivity index (χ1) is 9.49. The molecule has 0 amide bonds. The fourth-order valence-electron chi connectivity index (χ4n) is 1.95. The van der Waals surface area contributed by atoms with Gasteiger partial charge in [-0.15, -0.1) is 0 Å². The van der Waals surface area contributed by atoms with Crippen LogP contribution in [0.15, 0.2) is 42.5 Å². The van der Waals surface area contributed by atoms with Crippen molar-refractivity contribution in [1.29, 1.82) is 0 Å². The highest BCUT2D eigenvalue weighted by molar-refractivity contribution is 5.62. The van der Waals surface area contributed by atoms with E-state index in [1.54, 1.807) is 31.2 Å². The monoisotopic (exact) mass is 274 g/mol. The summed E-state index contributed by atoms with van der Waals surface area (Å²) >= 11 is 0. The topological polar surface area (TPSA) is 55.2 Å². The van der Waals surface area contributed by atoms with Gasteiger partial charge in [-0.2, -0.15) is 0 Å². The molecule has 2 aromatic carbocycles. The summed E-state index contributed by atoms with van der Waals surface area (Å²) in [6.07, 6.45) is 0. The number of hydrogen-bond acceptors (Lipinski definition) is 3. The summed E-state index contributed by atoms with van der Waals surface area (Å²) in [4.78, 5) is 10.5. The molecule has 1 unspecified atom stereocenters. The van der Waals surface area contributed by atoms with E-state index in [2.05, 4.69) is 5.32 Å². The standard InChI is InChI=1S/C15H15FN2O2/c1-10-7-8-12(9-13(10)16)11(2)17-14-5-3-4-6-15(14)18(19)20/h3-9,11,17H,1-2H3. The van der Waals surface area contributed by atoms with Crippen molar-refractivity contribution in [3.05, 3.63) is 69.5 Å². The molecule has 0 spiro atoms. The van der Waals surface area contributed by atoms with Gasteiger partial charge in [0.1, 0.15) is 11.5 Å². The average Bonchev–Trinajstić information content (AvgIpc) is 2.42. The first-order valence-electron chi connectivity index (χ1n) is 6.25. The van der Waals surface area contributed by atoms with Gasteiger partial charge in [-0.1, -0.05) is 24.3 Å². The normalized spacial score (nSPS) is 11.9. The first-order valence-corrected chi connectivity index (χ1v) is 6.25. The lowest BCUT2D eigenvalue weighted by Gasteiger charge is -2.16. The van der Waals surface area contributed by atoms with Crippen LogP contribution in [0.1, 0.15) is 24.1 Å². The molecule has 1 N–H and O–H groups in total. The number of rotatable bonds is 4. The molecule has 104 valence electrons. The number of hydrogen-bond donors (Lipinski definition) is 1. The molecule has 2 rings (SSSR count). The van der Waals surface area contributed by atoms with E-state index in [1.807, 2.05) is 13.0 Å². The van der Waals surface area contributed by atoms with E-state index in [0.29, 0.717) is 11.3 Å². The second-order valence-electron chi connectivity index (χ2n) is 4.65. The molecule has 5 heteroatoms. The summed E-state index contributed by atoms with van der Waals surface area (Å²) in [5.41, 5.74) is 1.75. The van der Waals surface area contributed by atoms with Crippen LogP contribution in [-0.4, -0.2) is 4.92 Å². The summed E-state index contributed by atoms with van der Waals surface area (Å²) in [5, 5.41) is 14.0. The molecular weight excluding hydrogens is 259 g/mol. The number of nitro groups is 1. The lowest BCUT2D eigenvalue weighted by Crippen LogP contribution is -2.08. The van der Waals surface area contributed by atoms with Gasteiger partial charge in [-0.25, -0.2) is 4.39 Å². The molecule has 0 aliphatic rings. The first kappa shape index (κ1) is 14.0. The van der Waals surface area contributed by atoms with Crippen molar-refractivity contribution in [2.45, 2.75) is 19.9 Å². The Bertz CT molecular complexity index is 644. The highest BCUT2D eigenvalue weighted by Crippen LogP contribution is 2.28. The number of benzene rings is 2. The molecule has 2 aromatic rings. The van der Waals surface area contributed by atoms with Gasteiger partial charge in [-0.3, -0.25) is 10.1 Å². The summed E-state index contributed by atoms with van der Waals surface area (Å²) in [7, 11) is 0. The summed E-state index contributed by atoms with van der Waals surface area (Å²) in [5.74, 6) is -0.279. The molecule has 0 radical (unpaired) electrons. The highest BCUT2D eigenvalue weighted by atomic mass is 19.1. The number of para-hydroxylation sites is 2. The maximum atomic E-state index is 13.5. The van der Waals surface area contributed by atoms with Gasteiger partial charge in [0.05, 0.1) is 4.92 Å². The van der Waals surface area contributed by atoms with E-state index in [0.717, 1.165) is 5.56 Å². The van der Waals surface area contributed by atoms with Crippen LogP contribution in [0.5, 0.6) is 0 Å². The average molecular weight is 274 g/mol. The lowest BCUT2D eigenvalue weighted by atomic mass is 10.1. The van der Waals surface area contributed by atoms with Crippen molar-refractivity contribution in [3.8, 4) is 0 Å². The van der Waals surface area contributed by atoms with Crippen LogP contribution in [0.2, 0.25) is 0 Å². The molecule has 0 fully saturated rings. The number of nitro benzene ring substituents is 1. The van der Waals surface area contributed by atoms with Crippen LogP contribution in [0.4, 0.5) is 15.8 Å². The Kier molecular flexibility index (Phi) is 3.98. The Morgan fingerprint density at radius 2 is 1.95 bits per heavy atom. The second kappa shape index (κ2) is 5.69. The minimum atomic E-state index is -0.440. The van der Waals surface area contributed by atoms with E-state index >= 15 is 0 Å². The zero-order valence-corrected chi connectivity index (χ0v) is 11.3. The third-order valence-corrected chi connectivity index (χ3v) is 3.17. The van der Waals surface area contributed by atoms with Gasteiger partial charge in [0.2, 0.25) is 0 Å². The molecule has 0 saturated heterocycles. The van der Waals surface area contributed by atoms with E-state index in [-0.39, 0.29) is 17.5 Å². The van der Waals surface area contributed by atoms with Crippen LogP contribution in [0.25, 0.3) is 0 Å². The van der Waals surface area contributed by atoms with Gasteiger partial charge in [0.25, 0.3) is 5.69 Å². The zero-order chi connectivity index (χ0) is 14.7.